The van der Waals surface area contributed by atoms with Crippen LogP contribution < -0.4 is 5.32 Å². The molecule has 2 fully saturated rings. The fourth-order valence-corrected chi connectivity index (χ4v) is 3.91. The van der Waals surface area contributed by atoms with E-state index in [9.17, 15) is 17.6 Å². The van der Waals surface area contributed by atoms with Gasteiger partial charge in [0.25, 0.3) is 0 Å². The summed E-state index contributed by atoms with van der Waals surface area (Å²) in [4.78, 5) is 13.5. The molecule has 2 aliphatic rings. The molecule has 2 saturated heterocycles. The number of nitriles is 1. The molecule has 1 amide bonds. The van der Waals surface area contributed by atoms with Crippen LogP contribution in [-0.4, -0.2) is 73.7 Å². The number of piperidine rings is 1. The second kappa shape index (κ2) is 6.71. The highest BCUT2D eigenvalue weighted by molar-refractivity contribution is 7.88. The molecule has 9 heteroatoms. The summed E-state index contributed by atoms with van der Waals surface area (Å²) >= 11 is 0. The molecule has 2 heterocycles. The first-order chi connectivity index (χ1) is 10.6. The Morgan fingerprint density at radius 2 is 2.04 bits per heavy atom. The summed E-state index contributed by atoms with van der Waals surface area (Å²) in [5.74, 6) is -0.288. The Hall–Kier alpha value is -1.24. The van der Waals surface area contributed by atoms with Crippen LogP contribution in [0.15, 0.2) is 0 Å². The Morgan fingerprint density at radius 3 is 2.57 bits per heavy atom. The van der Waals surface area contributed by atoms with Gasteiger partial charge in [0.1, 0.15) is 12.2 Å². The van der Waals surface area contributed by atoms with Crippen molar-refractivity contribution in [2.75, 3.05) is 32.4 Å². The molecule has 0 aliphatic carbocycles. The SMILES string of the molecule is CC1(NCC(=O)N2CC(F)CC2C#N)CCN(S(C)(=O)=O)CC1. The highest BCUT2D eigenvalue weighted by atomic mass is 32.2. The lowest BCUT2D eigenvalue weighted by atomic mass is 9.90. The van der Waals surface area contributed by atoms with Crippen molar-refractivity contribution in [2.24, 2.45) is 0 Å². The summed E-state index contributed by atoms with van der Waals surface area (Å²) in [6.07, 6.45) is 1.32. The third-order valence-electron chi connectivity index (χ3n) is 4.68. The van der Waals surface area contributed by atoms with E-state index < -0.39 is 22.2 Å². The minimum atomic E-state index is -3.18. The summed E-state index contributed by atoms with van der Waals surface area (Å²) in [6, 6.07) is 1.26. The number of halogens is 1. The maximum Gasteiger partial charge on any atom is 0.237 e. The van der Waals surface area contributed by atoms with Gasteiger partial charge in [0.05, 0.1) is 25.4 Å². The number of hydrogen-bond donors (Lipinski definition) is 1. The zero-order valence-corrected chi connectivity index (χ0v) is 14.3. The standard InChI is InChI=1S/C14H23FN4O3S/c1-14(3-5-18(6-4-14)23(2,21)22)17-9-13(20)19-10-11(15)7-12(19)8-16/h11-12,17H,3-7,9-10H2,1-2H3. The van der Waals surface area contributed by atoms with E-state index in [1.54, 1.807) is 0 Å². The lowest BCUT2D eigenvalue weighted by Gasteiger charge is -2.39. The first-order valence-electron chi connectivity index (χ1n) is 7.68. The Bertz CT molecular complexity index is 596. The largest absolute Gasteiger partial charge is 0.323 e. The molecule has 0 spiro atoms. The van der Waals surface area contributed by atoms with Gasteiger partial charge < -0.3 is 10.2 Å². The molecule has 0 bridgehead atoms. The van der Waals surface area contributed by atoms with Crippen LogP contribution in [0, 0.1) is 11.3 Å². The predicted octanol–water partition coefficient (Wildman–Crippen LogP) is -0.147. The smallest absolute Gasteiger partial charge is 0.237 e. The monoisotopic (exact) mass is 346 g/mol. The van der Waals surface area contributed by atoms with Crippen LogP contribution in [0.4, 0.5) is 4.39 Å². The van der Waals surface area contributed by atoms with Crippen molar-refractivity contribution in [1.82, 2.24) is 14.5 Å². The van der Waals surface area contributed by atoms with E-state index >= 15 is 0 Å². The summed E-state index contributed by atoms with van der Waals surface area (Å²) < 4.78 is 37.8. The Balaban J connectivity index is 1.86. The molecule has 0 aromatic carbocycles. The first-order valence-corrected chi connectivity index (χ1v) is 9.53. The number of sulfonamides is 1. The third kappa shape index (κ3) is 4.40. The molecular weight excluding hydrogens is 323 g/mol. The Kier molecular flexibility index (Phi) is 5.28. The van der Waals surface area contributed by atoms with E-state index in [0.29, 0.717) is 25.9 Å². The maximum absolute atomic E-state index is 13.4. The highest BCUT2D eigenvalue weighted by Crippen LogP contribution is 2.24. The molecule has 0 aromatic rings. The van der Waals surface area contributed by atoms with E-state index in [2.05, 4.69) is 5.32 Å². The minimum Gasteiger partial charge on any atom is -0.323 e. The van der Waals surface area contributed by atoms with Crippen molar-refractivity contribution in [2.45, 2.75) is 43.9 Å². The van der Waals surface area contributed by atoms with Gasteiger partial charge in [0.15, 0.2) is 0 Å². The second-order valence-corrected chi connectivity index (χ2v) is 8.58. The van der Waals surface area contributed by atoms with Crippen LogP contribution in [0.5, 0.6) is 0 Å². The summed E-state index contributed by atoms with van der Waals surface area (Å²) in [7, 11) is -3.18. The summed E-state index contributed by atoms with van der Waals surface area (Å²) in [6.45, 7) is 2.77. The van der Waals surface area contributed by atoms with Gasteiger partial charge in [-0.05, 0) is 19.8 Å². The number of alkyl halides is 1. The van der Waals surface area contributed by atoms with E-state index in [1.807, 2.05) is 13.0 Å². The number of nitrogens with zero attached hydrogens (tertiary/aromatic N) is 3. The van der Waals surface area contributed by atoms with Crippen molar-refractivity contribution in [3.8, 4) is 6.07 Å². The average Bonchev–Trinajstić information content (AvgIpc) is 2.85. The number of carbonyl (C=O) groups excluding carboxylic acids is 1. The molecule has 7 nitrogen and oxygen atoms in total. The Morgan fingerprint density at radius 1 is 1.43 bits per heavy atom. The van der Waals surface area contributed by atoms with E-state index in [0.717, 1.165) is 0 Å². The Labute approximate surface area is 136 Å². The molecular formula is C14H23FN4O3S. The van der Waals surface area contributed by atoms with Gasteiger partial charge >= 0.3 is 0 Å². The zero-order valence-electron chi connectivity index (χ0n) is 13.5. The number of likely N-dealkylation sites (tertiary alicyclic amines) is 1. The van der Waals surface area contributed by atoms with Crippen LogP contribution in [0.3, 0.4) is 0 Å². The highest BCUT2D eigenvalue weighted by Gasteiger charge is 2.37. The van der Waals surface area contributed by atoms with Crippen molar-refractivity contribution < 1.29 is 17.6 Å². The molecule has 2 atom stereocenters. The minimum absolute atomic E-state index is 0.0281. The summed E-state index contributed by atoms with van der Waals surface area (Å²) in [5.41, 5.74) is -0.339. The molecule has 0 aromatic heterocycles. The summed E-state index contributed by atoms with van der Waals surface area (Å²) in [5, 5.41) is 12.1. The molecule has 2 unspecified atom stereocenters. The first kappa shape index (κ1) is 18.1. The van der Waals surface area contributed by atoms with Gasteiger partial charge in [0, 0.05) is 25.0 Å². The van der Waals surface area contributed by atoms with Gasteiger partial charge in [-0.1, -0.05) is 0 Å². The molecule has 2 aliphatic heterocycles. The molecule has 130 valence electrons. The number of nitrogens with one attached hydrogen (secondary N) is 1. The molecule has 1 N–H and O–H groups in total. The van der Waals surface area contributed by atoms with Crippen molar-refractivity contribution in [3.05, 3.63) is 0 Å². The van der Waals surface area contributed by atoms with Gasteiger partial charge in [0.2, 0.25) is 15.9 Å². The molecule has 23 heavy (non-hydrogen) atoms. The van der Waals surface area contributed by atoms with Crippen molar-refractivity contribution >= 4 is 15.9 Å². The molecule has 0 saturated carbocycles. The lowest BCUT2D eigenvalue weighted by Crippen LogP contribution is -2.55. The van der Waals surface area contributed by atoms with Crippen LogP contribution in [-0.2, 0) is 14.8 Å². The molecule has 0 radical (unpaired) electrons. The number of rotatable bonds is 4. The van der Waals surface area contributed by atoms with Gasteiger partial charge in [-0.15, -0.1) is 0 Å². The van der Waals surface area contributed by atoms with Crippen LogP contribution >= 0.6 is 0 Å². The topological polar surface area (TPSA) is 93.5 Å². The van der Waals surface area contributed by atoms with E-state index in [4.69, 9.17) is 5.26 Å². The zero-order chi connectivity index (χ0) is 17.3. The number of amides is 1. The molecule has 2 rings (SSSR count). The quantitative estimate of drug-likeness (QED) is 0.764. The third-order valence-corrected chi connectivity index (χ3v) is 5.98. The number of carbonyl (C=O) groups is 1. The average molecular weight is 346 g/mol. The second-order valence-electron chi connectivity index (χ2n) is 6.60. The van der Waals surface area contributed by atoms with Gasteiger partial charge in [-0.2, -0.15) is 5.26 Å². The van der Waals surface area contributed by atoms with Crippen molar-refractivity contribution in [1.29, 1.82) is 5.26 Å². The van der Waals surface area contributed by atoms with E-state index in [-0.39, 0.29) is 31.0 Å². The van der Waals surface area contributed by atoms with E-state index in [1.165, 1.54) is 15.5 Å². The predicted molar refractivity (Wildman–Crippen MR) is 82.7 cm³/mol. The van der Waals surface area contributed by atoms with Gasteiger partial charge in [-0.3, -0.25) is 4.79 Å². The van der Waals surface area contributed by atoms with Crippen molar-refractivity contribution in [3.63, 3.8) is 0 Å². The number of hydrogen-bond acceptors (Lipinski definition) is 5. The maximum atomic E-state index is 13.4. The fraction of sp³-hybridized carbons (Fsp3) is 0.857. The van der Waals surface area contributed by atoms with Crippen LogP contribution in [0.1, 0.15) is 26.2 Å². The van der Waals surface area contributed by atoms with Crippen LogP contribution in [0.25, 0.3) is 0 Å². The van der Waals surface area contributed by atoms with Crippen LogP contribution in [0.2, 0.25) is 0 Å². The lowest BCUT2D eigenvalue weighted by molar-refractivity contribution is -0.130. The van der Waals surface area contributed by atoms with Gasteiger partial charge in [-0.25, -0.2) is 17.1 Å². The normalized spacial score (nSPS) is 28.5. The fourth-order valence-electron chi connectivity index (χ4n) is 3.06.